The summed E-state index contributed by atoms with van der Waals surface area (Å²) in [6, 6.07) is 0. The smallest absolute Gasteiger partial charge is 0.240 e. The zero-order chi connectivity index (χ0) is 13.7. The number of likely N-dealkylation sites (tertiary alicyclic amines) is 1. The van der Waals surface area contributed by atoms with Gasteiger partial charge in [0.1, 0.15) is 0 Å². The van der Waals surface area contributed by atoms with E-state index in [9.17, 15) is 4.79 Å². The van der Waals surface area contributed by atoms with Crippen LogP contribution in [0, 0.1) is 5.92 Å². The lowest BCUT2D eigenvalue weighted by atomic mass is 9.99. The van der Waals surface area contributed by atoms with Gasteiger partial charge in [0, 0.05) is 13.1 Å². The Hall–Kier alpha value is -0.610. The number of rotatable bonds is 5. The molecule has 0 saturated carbocycles. The number of piperidine rings is 1. The summed E-state index contributed by atoms with van der Waals surface area (Å²) in [6.07, 6.45) is 6.11. The molecule has 0 aliphatic carbocycles. The number of carbonyl (C=O) groups excluding carboxylic acids is 1. The number of nitrogens with zero attached hydrogens (tertiary/aromatic N) is 1. The second kappa shape index (κ2) is 6.71. The van der Waals surface area contributed by atoms with Crippen molar-refractivity contribution in [1.82, 2.24) is 15.5 Å². The van der Waals surface area contributed by atoms with Crippen molar-refractivity contribution in [3.05, 3.63) is 0 Å². The van der Waals surface area contributed by atoms with Crippen molar-refractivity contribution in [2.24, 2.45) is 5.92 Å². The number of amides is 1. The molecule has 2 unspecified atom stereocenters. The summed E-state index contributed by atoms with van der Waals surface area (Å²) in [5.41, 5.74) is -0.329. The van der Waals surface area contributed by atoms with Crippen molar-refractivity contribution in [2.75, 3.05) is 32.7 Å². The van der Waals surface area contributed by atoms with Crippen LogP contribution < -0.4 is 10.6 Å². The minimum atomic E-state index is -0.329. The van der Waals surface area contributed by atoms with Crippen LogP contribution in [0.2, 0.25) is 0 Å². The first-order valence-corrected chi connectivity index (χ1v) is 7.86. The zero-order valence-electron chi connectivity index (χ0n) is 12.5. The Balaban J connectivity index is 1.67. The van der Waals surface area contributed by atoms with Gasteiger partial charge in [0.25, 0.3) is 0 Å². The number of nitrogens with one attached hydrogen (secondary N) is 2. The summed E-state index contributed by atoms with van der Waals surface area (Å²) in [7, 11) is 0. The van der Waals surface area contributed by atoms with Gasteiger partial charge in [0.05, 0.1) is 5.54 Å². The highest BCUT2D eigenvalue weighted by Gasteiger charge is 2.35. The zero-order valence-corrected chi connectivity index (χ0v) is 12.5. The average Bonchev–Trinajstić information content (AvgIpc) is 2.85. The Morgan fingerprint density at radius 2 is 2.05 bits per heavy atom. The molecule has 2 fully saturated rings. The molecule has 0 radical (unpaired) electrons. The van der Waals surface area contributed by atoms with Gasteiger partial charge in [-0.15, -0.1) is 0 Å². The van der Waals surface area contributed by atoms with Crippen molar-refractivity contribution in [3.63, 3.8) is 0 Å². The summed E-state index contributed by atoms with van der Waals surface area (Å²) in [5.74, 6) is 0.711. The maximum absolute atomic E-state index is 12.2. The molecule has 19 heavy (non-hydrogen) atoms. The summed E-state index contributed by atoms with van der Waals surface area (Å²) >= 11 is 0. The average molecular weight is 267 g/mol. The molecule has 1 amide bonds. The van der Waals surface area contributed by atoms with Gasteiger partial charge < -0.3 is 15.5 Å². The third-order valence-corrected chi connectivity index (χ3v) is 4.50. The molecule has 110 valence electrons. The van der Waals surface area contributed by atoms with Crippen LogP contribution in [0.5, 0.6) is 0 Å². The maximum atomic E-state index is 12.2. The number of carbonyl (C=O) groups is 1. The molecular weight excluding hydrogens is 238 g/mol. The SMILES string of the molecule is CC(CNC(=O)C1(C)CCCN1)CN1CCCCC1. The normalized spacial score (nSPS) is 30.2. The second-order valence-corrected chi connectivity index (χ2v) is 6.54. The molecule has 2 saturated heterocycles. The van der Waals surface area contributed by atoms with Crippen LogP contribution in [0.15, 0.2) is 0 Å². The Bertz CT molecular complexity index is 294. The van der Waals surface area contributed by atoms with E-state index in [1.165, 1.54) is 32.4 Å². The standard InChI is InChI=1S/C15H29N3O/c1-13(12-18-9-4-3-5-10-18)11-16-14(19)15(2)7-6-8-17-15/h13,17H,3-12H2,1-2H3,(H,16,19). The van der Waals surface area contributed by atoms with E-state index in [1.807, 2.05) is 6.92 Å². The fraction of sp³-hybridized carbons (Fsp3) is 0.933. The fourth-order valence-electron chi connectivity index (χ4n) is 3.20. The van der Waals surface area contributed by atoms with Gasteiger partial charge in [-0.05, 0) is 58.2 Å². The van der Waals surface area contributed by atoms with Gasteiger partial charge in [-0.25, -0.2) is 0 Å². The Labute approximate surface area is 117 Å². The second-order valence-electron chi connectivity index (χ2n) is 6.54. The van der Waals surface area contributed by atoms with Crippen LogP contribution in [0.4, 0.5) is 0 Å². The molecule has 4 heteroatoms. The van der Waals surface area contributed by atoms with Crippen molar-refractivity contribution in [1.29, 1.82) is 0 Å². The van der Waals surface area contributed by atoms with Crippen LogP contribution >= 0.6 is 0 Å². The van der Waals surface area contributed by atoms with Crippen LogP contribution in [-0.2, 0) is 4.79 Å². The highest BCUT2D eigenvalue weighted by molar-refractivity contribution is 5.86. The molecule has 2 aliphatic heterocycles. The predicted octanol–water partition coefficient (Wildman–Crippen LogP) is 1.37. The highest BCUT2D eigenvalue weighted by Crippen LogP contribution is 2.18. The Kier molecular flexibility index (Phi) is 5.22. The van der Waals surface area contributed by atoms with E-state index in [0.29, 0.717) is 5.92 Å². The molecule has 2 rings (SSSR count). The lowest BCUT2D eigenvalue weighted by Gasteiger charge is -2.30. The van der Waals surface area contributed by atoms with E-state index in [0.717, 1.165) is 32.5 Å². The van der Waals surface area contributed by atoms with E-state index in [-0.39, 0.29) is 11.4 Å². The first kappa shape index (κ1) is 14.8. The van der Waals surface area contributed by atoms with E-state index in [1.54, 1.807) is 0 Å². The van der Waals surface area contributed by atoms with Crippen LogP contribution in [0.1, 0.15) is 46.0 Å². The fourth-order valence-corrected chi connectivity index (χ4v) is 3.20. The monoisotopic (exact) mass is 267 g/mol. The highest BCUT2D eigenvalue weighted by atomic mass is 16.2. The van der Waals surface area contributed by atoms with Gasteiger partial charge in [0.2, 0.25) is 5.91 Å². The molecule has 0 aromatic rings. The molecule has 0 bridgehead atoms. The summed E-state index contributed by atoms with van der Waals surface area (Å²) < 4.78 is 0. The molecule has 0 aromatic carbocycles. The van der Waals surface area contributed by atoms with E-state index >= 15 is 0 Å². The molecule has 2 heterocycles. The Morgan fingerprint density at radius 3 is 2.68 bits per heavy atom. The van der Waals surface area contributed by atoms with E-state index in [4.69, 9.17) is 0 Å². The molecule has 2 atom stereocenters. The van der Waals surface area contributed by atoms with Crippen LogP contribution in [-0.4, -0.2) is 49.1 Å². The largest absolute Gasteiger partial charge is 0.354 e. The molecule has 0 spiro atoms. The van der Waals surface area contributed by atoms with Gasteiger partial charge >= 0.3 is 0 Å². The number of hydrogen-bond donors (Lipinski definition) is 2. The lowest BCUT2D eigenvalue weighted by Crippen LogP contribution is -2.52. The quantitative estimate of drug-likeness (QED) is 0.791. The first-order valence-electron chi connectivity index (χ1n) is 7.86. The third kappa shape index (κ3) is 4.18. The maximum Gasteiger partial charge on any atom is 0.240 e. The molecule has 2 N–H and O–H groups in total. The Morgan fingerprint density at radius 1 is 1.32 bits per heavy atom. The minimum Gasteiger partial charge on any atom is -0.354 e. The topological polar surface area (TPSA) is 44.4 Å². The molecular formula is C15H29N3O. The minimum absolute atomic E-state index is 0.176. The van der Waals surface area contributed by atoms with E-state index < -0.39 is 0 Å². The molecule has 2 aliphatic rings. The summed E-state index contributed by atoms with van der Waals surface area (Å²) in [4.78, 5) is 14.7. The molecule has 0 aromatic heterocycles. The third-order valence-electron chi connectivity index (χ3n) is 4.50. The summed E-state index contributed by atoms with van der Waals surface area (Å²) in [5, 5.41) is 6.44. The summed E-state index contributed by atoms with van der Waals surface area (Å²) in [6.45, 7) is 9.60. The van der Waals surface area contributed by atoms with Crippen LogP contribution in [0.25, 0.3) is 0 Å². The predicted molar refractivity (Wildman–Crippen MR) is 78.1 cm³/mol. The van der Waals surface area contributed by atoms with Gasteiger partial charge in [-0.1, -0.05) is 13.3 Å². The van der Waals surface area contributed by atoms with Crippen molar-refractivity contribution >= 4 is 5.91 Å². The van der Waals surface area contributed by atoms with Crippen LogP contribution in [0.3, 0.4) is 0 Å². The first-order chi connectivity index (χ1) is 9.10. The van der Waals surface area contributed by atoms with Gasteiger partial charge in [0.15, 0.2) is 0 Å². The van der Waals surface area contributed by atoms with Gasteiger partial charge in [-0.2, -0.15) is 0 Å². The van der Waals surface area contributed by atoms with Crippen molar-refractivity contribution in [3.8, 4) is 0 Å². The van der Waals surface area contributed by atoms with Gasteiger partial charge in [-0.3, -0.25) is 4.79 Å². The van der Waals surface area contributed by atoms with E-state index in [2.05, 4.69) is 22.5 Å². The lowest BCUT2D eigenvalue weighted by molar-refractivity contribution is -0.126. The molecule has 4 nitrogen and oxygen atoms in total. The van der Waals surface area contributed by atoms with Crippen molar-refractivity contribution < 1.29 is 4.79 Å². The number of hydrogen-bond acceptors (Lipinski definition) is 3. The van der Waals surface area contributed by atoms with Crippen molar-refractivity contribution in [2.45, 2.75) is 51.5 Å².